The van der Waals surface area contributed by atoms with E-state index in [2.05, 4.69) is 48.2 Å². The molecule has 0 saturated carbocycles. The van der Waals surface area contributed by atoms with Crippen molar-refractivity contribution in [3.05, 3.63) is 64.7 Å². The fourth-order valence-electron chi connectivity index (χ4n) is 2.95. The number of Topliss-reactive ketones (excluding diaryl/α,β-unsaturated/α-hetero) is 1. The van der Waals surface area contributed by atoms with E-state index in [1.165, 1.54) is 22.4 Å². The number of ketones is 1. The first kappa shape index (κ1) is 13.9. The molecule has 108 valence electrons. The van der Waals surface area contributed by atoms with Gasteiger partial charge in [-0.2, -0.15) is 0 Å². The molecule has 1 heterocycles. The van der Waals surface area contributed by atoms with Crippen LogP contribution in [-0.2, 0) is 19.4 Å². The van der Waals surface area contributed by atoms with Crippen molar-refractivity contribution < 1.29 is 4.79 Å². The summed E-state index contributed by atoms with van der Waals surface area (Å²) in [5.41, 5.74) is 6.12. The zero-order valence-electron chi connectivity index (χ0n) is 12.7. The van der Waals surface area contributed by atoms with Gasteiger partial charge >= 0.3 is 0 Å². The lowest BCUT2D eigenvalue weighted by Crippen LogP contribution is -2.19. The summed E-state index contributed by atoms with van der Waals surface area (Å²) in [6.45, 7) is 5.78. The molecule has 0 saturated heterocycles. The summed E-state index contributed by atoms with van der Waals surface area (Å²) in [5, 5.41) is 0. The summed E-state index contributed by atoms with van der Waals surface area (Å²) < 4.78 is 0. The summed E-state index contributed by atoms with van der Waals surface area (Å²) in [6, 6.07) is 15.0. The molecule has 0 aliphatic carbocycles. The van der Waals surface area contributed by atoms with Gasteiger partial charge < -0.3 is 4.90 Å². The first-order chi connectivity index (χ1) is 10.2. The molecule has 0 radical (unpaired) electrons. The number of hydrogen-bond donors (Lipinski definition) is 0. The van der Waals surface area contributed by atoms with Gasteiger partial charge in [0.1, 0.15) is 0 Å². The summed E-state index contributed by atoms with van der Waals surface area (Å²) in [5.74, 6) is 0.145. The Hall–Kier alpha value is -2.09. The molecule has 0 atom stereocenters. The van der Waals surface area contributed by atoms with Crippen LogP contribution in [0.15, 0.2) is 42.5 Å². The number of rotatable bonds is 4. The third kappa shape index (κ3) is 2.85. The van der Waals surface area contributed by atoms with Crippen molar-refractivity contribution in [2.24, 2.45) is 0 Å². The zero-order valence-corrected chi connectivity index (χ0v) is 12.7. The molecule has 3 rings (SSSR count). The predicted octanol–water partition coefficient (Wildman–Crippen LogP) is 4.01. The number of nitrogens with zero attached hydrogens (tertiary/aromatic N) is 1. The van der Waals surface area contributed by atoms with Gasteiger partial charge in [-0.1, -0.05) is 31.2 Å². The number of fused-ring (bicyclic) bond motifs is 1. The molecule has 2 heteroatoms. The van der Waals surface area contributed by atoms with Gasteiger partial charge in [-0.25, -0.2) is 0 Å². The molecule has 2 aromatic carbocycles. The van der Waals surface area contributed by atoms with Gasteiger partial charge in [-0.3, -0.25) is 4.79 Å². The monoisotopic (exact) mass is 279 g/mol. The Balaban J connectivity index is 1.79. The molecule has 1 aliphatic rings. The fourth-order valence-corrected chi connectivity index (χ4v) is 2.95. The second-order valence-corrected chi connectivity index (χ2v) is 5.74. The van der Waals surface area contributed by atoms with Crippen LogP contribution in [0.2, 0.25) is 0 Å². The van der Waals surface area contributed by atoms with E-state index in [0.717, 1.165) is 31.5 Å². The largest absolute Gasteiger partial charge is 0.367 e. The van der Waals surface area contributed by atoms with Crippen molar-refractivity contribution >= 4 is 11.5 Å². The minimum Gasteiger partial charge on any atom is -0.367 e. The number of benzene rings is 2. The lowest BCUT2D eigenvalue weighted by atomic mass is 10.1. The maximum atomic E-state index is 11.5. The van der Waals surface area contributed by atoms with Crippen LogP contribution in [0, 0.1) is 0 Å². The van der Waals surface area contributed by atoms with E-state index in [0.29, 0.717) is 0 Å². The van der Waals surface area contributed by atoms with Gasteiger partial charge in [0.25, 0.3) is 0 Å². The summed E-state index contributed by atoms with van der Waals surface area (Å²) in [4.78, 5) is 13.9. The number of aryl methyl sites for hydroxylation is 1. The van der Waals surface area contributed by atoms with Crippen molar-refractivity contribution in [1.82, 2.24) is 0 Å². The lowest BCUT2D eigenvalue weighted by molar-refractivity contribution is 0.101. The van der Waals surface area contributed by atoms with Gasteiger partial charge in [0.05, 0.1) is 0 Å². The van der Waals surface area contributed by atoms with E-state index in [9.17, 15) is 4.79 Å². The van der Waals surface area contributed by atoms with Crippen LogP contribution in [0.4, 0.5) is 5.69 Å². The first-order valence-electron chi connectivity index (χ1n) is 7.64. The Morgan fingerprint density at radius 2 is 1.81 bits per heavy atom. The Morgan fingerprint density at radius 3 is 2.48 bits per heavy atom. The highest BCUT2D eigenvalue weighted by Gasteiger charge is 2.19. The van der Waals surface area contributed by atoms with Crippen LogP contribution in [0.25, 0.3) is 0 Å². The van der Waals surface area contributed by atoms with Crippen molar-refractivity contribution in [2.45, 2.75) is 33.2 Å². The Kier molecular flexibility index (Phi) is 3.78. The Labute approximate surface area is 126 Å². The fraction of sp³-hybridized carbons (Fsp3) is 0.316. The summed E-state index contributed by atoms with van der Waals surface area (Å²) >= 11 is 0. The van der Waals surface area contributed by atoms with Crippen molar-refractivity contribution in [2.75, 3.05) is 11.4 Å². The molecule has 0 spiro atoms. The highest BCUT2D eigenvalue weighted by atomic mass is 16.1. The number of hydrogen-bond acceptors (Lipinski definition) is 2. The molecule has 1 aliphatic heterocycles. The quantitative estimate of drug-likeness (QED) is 0.788. The normalized spacial score (nSPS) is 13.3. The van der Waals surface area contributed by atoms with Crippen LogP contribution in [-0.4, -0.2) is 12.3 Å². The average molecular weight is 279 g/mol. The SMILES string of the molecule is CCc1ccc(CN2CCc3cc(C(C)=O)ccc32)cc1. The molecule has 2 aromatic rings. The summed E-state index contributed by atoms with van der Waals surface area (Å²) in [7, 11) is 0. The summed E-state index contributed by atoms with van der Waals surface area (Å²) in [6.07, 6.45) is 2.12. The molecule has 0 bridgehead atoms. The van der Waals surface area contributed by atoms with E-state index >= 15 is 0 Å². The van der Waals surface area contributed by atoms with Crippen molar-refractivity contribution in [1.29, 1.82) is 0 Å². The Morgan fingerprint density at radius 1 is 1.10 bits per heavy atom. The molecule has 0 fully saturated rings. The van der Waals surface area contributed by atoms with Gasteiger partial charge in [0.15, 0.2) is 5.78 Å². The number of carbonyl (C=O) groups excluding carboxylic acids is 1. The zero-order chi connectivity index (χ0) is 14.8. The Bertz CT molecular complexity index is 658. The van der Waals surface area contributed by atoms with Gasteiger partial charge in [0.2, 0.25) is 0 Å². The van der Waals surface area contributed by atoms with Crippen molar-refractivity contribution in [3.8, 4) is 0 Å². The maximum Gasteiger partial charge on any atom is 0.159 e. The smallest absolute Gasteiger partial charge is 0.159 e. The minimum absolute atomic E-state index is 0.145. The van der Waals surface area contributed by atoms with Gasteiger partial charge in [0, 0.05) is 24.3 Å². The van der Waals surface area contributed by atoms with Gasteiger partial charge in [-0.05, 0) is 54.7 Å². The van der Waals surface area contributed by atoms with E-state index in [4.69, 9.17) is 0 Å². The molecule has 0 unspecified atom stereocenters. The van der Waals surface area contributed by atoms with E-state index in [-0.39, 0.29) is 5.78 Å². The van der Waals surface area contributed by atoms with Crippen LogP contribution >= 0.6 is 0 Å². The van der Waals surface area contributed by atoms with Crippen LogP contribution in [0.3, 0.4) is 0 Å². The maximum absolute atomic E-state index is 11.5. The van der Waals surface area contributed by atoms with Crippen LogP contribution < -0.4 is 4.90 Å². The lowest BCUT2D eigenvalue weighted by Gasteiger charge is -2.19. The number of carbonyl (C=O) groups is 1. The second-order valence-electron chi connectivity index (χ2n) is 5.74. The predicted molar refractivity (Wildman–Crippen MR) is 87.0 cm³/mol. The molecule has 21 heavy (non-hydrogen) atoms. The second kappa shape index (κ2) is 5.72. The van der Waals surface area contributed by atoms with Crippen molar-refractivity contribution in [3.63, 3.8) is 0 Å². The van der Waals surface area contributed by atoms with Gasteiger partial charge in [-0.15, -0.1) is 0 Å². The highest BCUT2D eigenvalue weighted by molar-refractivity contribution is 5.94. The third-order valence-corrected chi connectivity index (χ3v) is 4.28. The third-order valence-electron chi connectivity index (χ3n) is 4.28. The molecular weight excluding hydrogens is 258 g/mol. The molecule has 2 nitrogen and oxygen atoms in total. The van der Waals surface area contributed by atoms with E-state index < -0.39 is 0 Å². The molecule has 0 amide bonds. The number of anilines is 1. The molecule has 0 aromatic heterocycles. The average Bonchev–Trinajstić information content (AvgIpc) is 2.90. The highest BCUT2D eigenvalue weighted by Crippen LogP contribution is 2.30. The minimum atomic E-state index is 0.145. The topological polar surface area (TPSA) is 20.3 Å². The van der Waals surface area contributed by atoms with E-state index in [1.807, 2.05) is 6.07 Å². The standard InChI is InChI=1S/C19H21NO/c1-3-15-4-6-16(7-5-15)13-20-11-10-18-12-17(14(2)21)8-9-19(18)20/h4-9,12H,3,10-11,13H2,1-2H3. The molecule has 0 N–H and O–H groups in total. The van der Waals surface area contributed by atoms with Crippen LogP contribution in [0.5, 0.6) is 0 Å². The van der Waals surface area contributed by atoms with Crippen LogP contribution in [0.1, 0.15) is 40.9 Å². The first-order valence-corrected chi connectivity index (χ1v) is 7.64. The molecular formula is C19H21NO. The van der Waals surface area contributed by atoms with E-state index in [1.54, 1.807) is 6.92 Å².